The Hall–Kier alpha value is -3.55. The maximum Gasteiger partial charge on any atom is 0.264 e. The van der Waals surface area contributed by atoms with Crippen LogP contribution >= 0.6 is 0 Å². The van der Waals surface area contributed by atoms with Crippen molar-refractivity contribution in [1.29, 1.82) is 0 Å². The molecule has 0 saturated carbocycles. The predicted molar refractivity (Wildman–Crippen MR) is 110 cm³/mol. The van der Waals surface area contributed by atoms with Gasteiger partial charge in [-0.25, -0.2) is 15.0 Å². The summed E-state index contributed by atoms with van der Waals surface area (Å²) in [4.78, 5) is 42.4. The van der Waals surface area contributed by atoms with Gasteiger partial charge in [0.15, 0.2) is 0 Å². The van der Waals surface area contributed by atoms with E-state index in [-0.39, 0.29) is 17.5 Å². The zero-order chi connectivity index (χ0) is 20.2. The van der Waals surface area contributed by atoms with Crippen molar-refractivity contribution in [2.24, 2.45) is 0 Å². The lowest BCUT2D eigenvalue weighted by atomic mass is 10.0. The Morgan fingerprint density at radius 3 is 2.45 bits per heavy atom. The second-order valence-corrected chi connectivity index (χ2v) is 7.12. The standard InChI is InChI=1S/C21H22N6O2/c1-14-3-5-15(6-4-14)18-24-13-17(19(28)26-18)20(29)27-11-7-16(8-12-27)25-21-22-9-2-10-23-21/h2-6,9-10,13,16H,7-8,11-12H2,1H3,(H,22,23,25)(H,24,26,28). The number of nitrogens with one attached hydrogen (secondary N) is 2. The third-order valence-corrected chi connectivity index (χ3v) is 5.04. The molecular weight excluding hydrogens is 368 g/mol. The molecular formula is C21H22N6O2. The number of carbonyl (C=O) groups excluding carboxylic acids is 1. The highest BCUT2D eigenvalue weighted by Gasteiger charge is 2.26. The van der Waals surface area contributed by atoms with E-state index in [2.05, 4.69) is 25.3 Å². The average Bonchev–Trinajstić information content (AvgIpc) is 2.75. The normalized spacial score (nSPS) is 14.6. The number of amides is 1. The topological polar surface area (TPSA) is 104 Å². The summed E-state index contributed by atoms with van der Waals surface area (Å²) < 4.78 is 0. The summed E-state index contributed by atoms with van der Waals surface area (Å²) in [6, 6.07) is 9.65. The molecule has 8 heteroatoms. The van der Waals surface area contributed by atoms with Gasteiger partial charge in [0.1, 0.15) is 11.4 Å². The second-order valence-electron chi connectivity index (χ2n) is 7.12. The van der Waals surface area contributed by atoms with E-state index in [1.165, 1.54) is 6.20 Å². The summed E-state index contributed by atoms with van der Waals surface area (Å²) in [5, 5.41) is 3.28. The van der Waals surface area contributed by atoms with Gasteiger partial charge >= 0.3 is 0 Å². The molecule has 3 aromatic rings. The molecule has 4 rings (SSSR count). The lowest BCUT2D eigenvalue weighted by Gasteiger charge is -2.32. The summed E-state index contributed by atoms with van der Waals surface area (Å²) in [5.74, 6) is 0.755. The van der Waals surface area contributed by atoms with E-state index in [4.69, 9.17) is 0 Å². The molecule has 1 aliphatic rings. The zero-order valence-electron chi connectivity index (χ0n) is 16.1. The molecule has 1 fully saturated rings. The molecule has 3 heterocycles. The van der Waals surface area contributed by atoms with Gasteiger partial charge in [0.25, 0.3) is 11.5 Å². The number of hydrogen-bond acceptors (Lipinski definition) is 6. The number of anilines is 1. The number of aryl methyl sites for hydroxylation is 1. The minimum atomic E-state index is -0.418. The van der Waals surface area contributed by atoms with Crippen molar-refractivity contribution in [1.82, 2.24) is 24.8 Å². The van der Waals surface area contributed by atoms with Crippen LogP contribution in [0.1, 0.15) is 28.8 Å². The molecule has 8 nitrogen and oxygen atoms in total. The molecule has 0 bridgehead atoms. The molecule has 1 amide bonds. The van der Waals surface area contributed by atoms with Crippen LogP contribution in [-0.2, 0) is 0 Å². The molecule has 0 unspecified atom stereocenters. The highest BCUT2D eigenvalue weighted by molar-refractivity contribution is 5.93. The monoisotopic (exact) mass is 390 g/mol. The number of carbonyl (C=O) groups is 1. The number of piperidine rings is 1. The molecule has 0 radical (unpaired) electrons. The molecule has 2 aromatic heterocycles. The molecule has 29 heavy (non-hydrogen) atoms. The average molecular weight is 390 g/mol. The first-order chi connectivity index (χ1) is 14.1. The quantitative estimate of drug-likeness (QED) is 0.708. The second kappa shape index (κ2) is 8.22. The Labute approximate surface area is 168 Å². The summed E-state index contributed by atoms with van der Waals surface area (Å²) in [6.45, 7) is 3.11. The van der Waals surface area contributed by atoms with Crippen LogP contribution in [0, 0.1) is 6.92 Å². The Bertz CT molecular complexity index is 1040. The van der Waals surface area contributed by atoms with E-state index < -0.39 is 5.56 Å². The molecule has 1 aliphatic heterocycles. The summed E-state index contributed by atoms with van der Waals surface area (Å²) in [6.07, 6.45) is 6.27. The van der Waals surface area contributed by atoms with Gasteiger partial charge in [-0.1, -0.05) is 29.8 Å². The molecule has 148 valence electrons. The van der Waals surface area contributed by atoms with Gasteiger partial charge in [-0.3, -0.25) is 9.59 Å². The van der Waals surface area contributed by atoms with Crippen LogP contribution in [0.4, 0.5) is 5.95 Å². The maximum atomic E-state index is 12.8. The van der Waals surface area contributed by atoms with Crippen molar-refractivity contribution < 1.29 is 4.79 Å². The van der Waals surface area contributed by atoms with Crippen LogP contribution in [0.25, 0.3) is 11.4 Å². The smallest absolute Gasteiger partial charge is 0.264 e. The van der Waals surface area contributed by atoms with E-state index in [0.717, 1.165) is 24.0 Å². The van der Waals surface area contributed by atoms with Crippen LogP contribution in [-0.4, -0.2) is 49.9 Å². The summed E-state index contributed by atoms with van der Waals surface area (Å²) in [7, 11) is 0. The molecule has 2 N–H and O–H groups in total. The Balaban J connectivity index is 1.41. The fraction of sp³-hybridized carbons (Fsp3) is 0.286. The molecule has 0 atom stereocenters. The van der Waals surface area contributed by atoms with Crippen molar-refractivity contribution >= 4 is 11.9 Å². The van der Waals surface area contributed by atoms with Gasteiger partial charge in [0.05, 0.1) is 0 Å². The number of likely N-dealkylation sites (tertiary alicyclic amines) is 1. The van der Waals surface area contributed by atoms with Crippen molar-refractivity contribution in [3.05, 3.63) is 70.4 Å². The number of H-pyrrole nitrogens is 1. The van der Waals surface area contributed by atoms with Gasteiger partial charge < -0.3 is 15.2 Å². The first-order valence-electron chi connectivity index (χ1n) is 9.59. The third-order valence-electron chi connectivity index (χ3n) is 5.04. The zero-order valence-corrected chi connectivity index (χ0v) is 16.1. The fourth-order valence-electron chi connectivity index (χ4n) is 3.36. The molecule has 0 spiro atoms. The Kier molecular flexibility index (Phi) is 5.33. The van der Waals surface area contributed by atoms with E-state index in [1.54, 1.807) is 23.4 Å². The predicted octanol–water partition coefficient (Wildman–Crippen LogP) is 2.25. The SMILES string of the molecule is Cc1ccc(-c2ncc(C(=O)N3CCC(Nc4ncccn4)CC3)c(=O)[nH]2)cc1. The van der Waals surface area contributed by atoms with Crippen molar-refractivity contribution in [2.45, 2.75) is 25.8 Å². The van der Waals surface area contributed by atoms with Crippen LogP contribution in [0.15, 0.2) is 53.7 Å². The third kappa shape index (κ3) is 4.31. The van der Waals surface area contributed by atoms with Crippen LogP contribution in [0.3, 0.4) is 0 Å². The maximum absolute atomic E-state index is 12.8. The highest BCUT2D eigenvalue weighted by Crippen LogP contribution is 2.17. The number of aromatic amines is 1. The van der Waals surface area contributed by atoms with Gasteiger partial charge in [-0.2, -0.15) is 0 Å². The van der Waals surface area contributed by atoms with E-state index in [0.29, 0.717) is 24.9 Å². The lowest BCUT2D eigenvalue weighted by molar-refractivity contribution is 0.0716. The first-order valence-corrected chi connectivity index (χ1v) is 9.59. The summed E-state index contributed by atoms with van der Waals surface area (Å²) >= 11 is 0. The van der Waals surface area contributed by atoms with E-state index in [9.17, 15) is 9.59 Å². The van der Waals surface area contributed by atoms with Crippen LogP contribution < -0.4 is 10.9 Å². The number of hydrogen-bond donors (Lipinski definition) is 2. The first kappa shape index (κ1) is 18.8. The van der Waals surface area contributed by atoms with Gasteiger partial charge in [-0.15, -0.1) is 0 Å². The van der Waals surface area contributed by atoms with Crippen LogP contribution in [0.5, 0.6) is 0 Å². The molecule has 1 aromatic carbocycles. The van der Waals surface area contributed by atoms with Crippen LogP contribution in [0.2, 0.25) is 0 Å². The molecule has 1 saturated heterocycles. The minimum Gasteiger partial charge on any atom is -0.351 e. The van der Waals surface area contributed by atoms with Crippen molar-refractivity contribution in [3.8, 4) is 11.4 Å². The van der Waals surface area contributed by atoms with Crippen molar-refractivity contribution in [3.63, 3.8) is 0 Å². The Morgan fingerprint density at radius 1 is 1.10 bits per heavy atom. The van der Waals surface area contributed by atoms with Gasteiger partial charge in [0.2, 0.25) is 5.95 Å². The number of rotatable bonds is 4. The summed E-state index contributed by atoms with van der Waals surface area (Å²) in [5.41, 5.74) is 1.58. The highest BCUT2D eigenvalue weighted by atomic mass is 16.2. The van der Waals surface area contributed by atoms with Gasteiger partial charge in [-0.05, 0) is 25.8 Å². The van der Waals surface area contributed by atoms with E-state index in [1.807, 2.05) is 31.2 Å². The van der Waals surface area contributed by atoms with Gasteiger partial charge in [0, 0.05) is 43.3 Å². The minimum absolute atomic E-state index is 0.0682. The largest absolute Gasteiger partial charge is 0.351 e. The van der Waals surface area contributed by atoms with E-state index >= 15 is 0 Å². The number of benzene rings is 1. The molecule has 0 aliphatic carbocycles. The number of nitrogens with zero attached hydrogens (tertiary/aromatic N) is 4. The lowest BCUT2D eigenvalue weighted by Crippen LogP contribution is -2.44. The number of aromatic nitrogens is 4. The fourth-order valence-corrected chi connectivity index (χ4v) is 3.36. The van der Waals surface area contributed by atoms with Crippen molar-refractivity contribution in [2.75, 3.05) is 18.4 Å². The Morgan fingerprint density at radius 2 is 1.79 bits per heavy atom.